The Morgan fingerprint density at radius 3 is 2.63 bits per heavy atom. The maximum Gasteiger partial charge on any atom is 0.410 e. The van der Waals surface area contributed by atoms with Crippen molar-refractivity contribution in [2.75, 3.05) is 13.1 Å². The maximum atomic E-state index is 11.9. The first-order valence-electron chi connectivity index (χ1n) is 6.94. The van der Waals surface area contributed by atoms with E-state index in [-0.39, 0.29) is 6.09 Å². The van der Waals surface area contributed by atoms with Crippen LogP contribution < -0.4 is 0 Å². The summed E-state index contributed by atoms with van der Waals surface area (Å²) in [4.78, 5) is 15.2. The van der Waals surface area contributed by atoms with E-state index in [1.54, 1.807) is 0 Å². The Morgan fingerprint density at radius 2 is 2.11 bits per heavy atom. The Bertz CT molecular complexity index is 400. The molecule has 1 fully saturated rings. The molecule has 2 rings (SSSR count). The first-order chi connectivity index (χ1) is 8.94. The van der Waals surface area contributed by atoms with Gasteiger partial charge in [0, 0.05) is 18.0 Å². The number of thiophene rings is 1. The lowest BCUT2D eigenvalue weighted by Crippen LogP contribution is -2.42. The fraction of sp³-hybridized carbons (Fsp3) is 0.667. The van der Waals surface area contributed by atoms with Crippen LogP contribution in [-0.4, -0.2) is 29.7 Å². The van der Waals surface area contributed by atoms with Crippen molar-refractivity contribution in [3.05, 3.63) is 22.4 Å². The molecule has 1 aliphatic heterocycles. The number of piperidine rings is 1. The molecule has 0 saturated carbocycles. The summed E-state index contributed by atoms with van der Waals surface area (Å²) in [5.41, 5.74) is -0.398. The normalized spacial score (nSPS) is 17.5. The molecule has 106 valence electrons. The van der Waals surface area contributed by atoms with Crippen molar-refractivity contribution in [2.24, 2.45) is 5.92 Å². The van der Waals surface area contributed by atoms with Gasteiger partial charge in [-0.3, -0.25) is 0 Å². The van der Waals surface area contributed by atoms with E-state index in [1.807, 2.05) is 37.0 Å². The van der Waals surface area contributed by atoms with E-state index in [2.05, 4.69) is 17.5 Å². The van der Waals surface area contributed by atoms with Crippen LogP contribution in [0.5, 0.6) is 0 Å². The minimum Gasteiger partial charge on any atom is -0.444 e. The second kappa shape index (κ2) is 5.95. The highest BCUT2D eigenvalue weighted by atomic mass is 32.1. The fourth-order valence-corrected chi connectivity index (χ4v) is 3.18. The van der Waals surface area contributed by atoms with Crippen LogP contribution in [0.1, 0.15) is 38.5 Å². The van der Waals surface area contributed by atoms with Gasteiger partial charge in [0.2, 0.25) is 0 Å². The Kier molecular flexibility index (Phi) is 4.50. The van der Waals surface area contributed by atoms with Crippen molar-refractivity contribution >= 4 is 17.4 Å². The van der Waals surface area contributed by atoms with Crippen molar-refractivity contribution < 1.29 is 9.53 Å². The van der Waals surface area contributed by atoms with E-state index >= 15 is 0 Å². The smallest absolute Gasteiger partial charge is 0.410 e. The number of likely N-dealkylation sites (tertiary alicyclic amines) is 1. The second-order valence-corrected chi connectivity index (χ2v) is 7.23. The Labute approximate surface area is 119 Å². The van der Waals surface area contributed by atoms with Crippen molar-refractivity contribution in [1.29, 1.82) is 0 Å². The molecule has 0 unspecified atom stereocenters. The van der Waals surface area contributed by atoms with Gasteiger partial charge in [-0.15, -0.1) is 11.3 Å². The average molecular weight is 281 g/mol. The van der Waals surface area contributed by atoms with E-state index in [0.717, 1.165) is 32.4 Å². The highest BCUT2D eigenvalue weighted by Crippen LogP contribution is 2.24. The highest BCUT2D eigenvalue weighted by Gasteiger charge is 2.26. The monoisotopic (exact) mass is 281 g/mol. The molecular weight excluding hydrogens is 258 g/mol. The largest absolute Gasteiger partial charge is 0.444 e. The predicted molar refractivity (Wildman–Crippen MR) is 78.6 cm³/mol. The summed E-state index contributed by atoms with van der Waals surface area (Å²) in [6.07, 6.45) is 3.15. The predicted octanol–water partition coefficient (Wildman–Crippen LogP) is 3.94. The van der Waals surface area contributed by atoms with Crippen molar-refractivity contribution in [1.82, 2.24) is 4.90 Å². The van der Waals surface area contributed by atoms with Crippen molar-refractivity contribution in [3.63, 3.8) is 0 Å². The summed E-state index contributed by atoms with van der Waals surface area (Å²) in [7, 11) is 0. The average Bonchev–Trinajstić information content (AvgIpc) is 2.80. The molecule has 2 heterocycles. The molecule has 0 radical (unpaired) electrons. The minimum absolute atomic E-state index is 0.165. The van der Waals surface area contributed by atoms with E-state index in [0.29, 0.717) is 5.92 Å². The molecule has 4 heteroatoms. The van der Waals surface area contributed by atoms with Crippen LogP contribution in [0.3, 0.4) is 0 Å². The van der Waals surface area contributed by atoms with Gasteiger partial charge in [-0.2, -0.15) is 0 Å². The third-order valence-corrected chi connectivity index (χ3v) is 4.23. The molecule has 0 aromatic carbocycles. The Morgan fingerprint density at radius 1 is 1.42 bits per heavy atom. The van der Waals surface area contributed by atoms with Gasteiger partial charge in [-0.05, 0) is 57.4 Å². The summed E-state index contributed by atoms with van der Waals surface area (Å²) >= 11 is 1.83. The summed E-state index contributed by atoms with van der Waals surface area (Å²) in [5.74, 6) is 0.706. The first-order valence-corrected chi connectivity index (χ1v) is 7.82. The fourth-order valence-electron chi connectivity index (χ4n) is 2.36. The van der Waals surface area contributed by atoms with Gasteiger partial charge < -0.3 is 9.64 Å². The van der Waals surface area contributed by atoms with E-state index < -0.39 is 5.60 Å². The number of hydrogen-bond acceptors (Lipinski definition) is 3. The summed E-state index contributed by atoms with van der Waals surface area (Å²) < 4.78 is 5.41. The molecule has 0 atom stereocenters. The van der Waals surface area contributed by atoms with E-state index in [9.17, 15) is 4.79 Å². The number of nitrogens with zero attached hydrogens (tertiary/aromatic N) is 1. The summed E-state index contributed by atoms with van der Waals surface area (Å²) in [6.45, 7) is 7.38. The van der Waals surface area contributed by atoms with Crippen LogP contribution in [0.2, 0.25) is 0 Å². The number of carbonyl (C=O) groups is 1. The molecule has 1 aliphatic rings. The summed E-state index contributed by atoms with van der Waals surface area (Å²) in [5, 5.41) is 2.13. The standard InChI is InChI=1S/C15H23NO2S/c1-15(2,3)18-14(17)16-8-6-12(7-9-16)11-13-5-4-10-19-13/h4-5,10,12H,6-9,11H2,1-3H3. The maximum absolute atomic E-state index is 11.9. The van der Waals surface area contributed by atoms with Crippen molar-refractivity contribution in [3.8, 4) is 0 Å². The summed E-state index contributed by atoms with van der Waals surface area (Å²) in [6, 6.07) is 4.31. The third kappa shape index (κ3) is 4.53. The topological polar surface area (TPSA) is 29.5 Å². The van der Waals surface area contributed by atoms with E-state index in [1.165, 1.54) is 4.88 Å². The zero-order valence-electron chi connectivity index (χ0n) is 12.0. The SMILES string of the molecule is CC(C)(C)OC(=O)N1CCC(Cc2cccs2)CC1. The van der Waals surface area contributed by atoms with Gasteiger partial charge in [0.15, 0.2) is 0 Å². The van der Waals surface area contributed by atoms with Crippen LogP contribution in [0, 0.1) is 5.92 Å². The quantitative estimate of drug-likeness (QED) is 0.822. The van der Waals surface area contributed by atoms with Gasteiger partial charge in [0.1, 0.15) is 5.60 Å². The zero-order valence-corrected chi connectivity index (χ0v) is 12.8. The molecular formula is C15H23NO2S. The Hall–Kier alpha value is -1.03. The van der Waals surface area contributed by atoms with Crippen LogP contribution in [-0.2, 0) is 11.2 Å². The number of rotatable bonds is 2. The molecule has 1 aromatic rings. The van der Waals surface area contributed by atoms with Crippen LogP contribution >= 0.6 is 11.3 Å². The number of ether oxygens (including phenoxy) is 1. The number of hydrogen-bond donors (Lipinski definition) is 0. The van der Waals surface area contributed by atoms with Crippen LogP contribution in [0.15, 0.2) is 17.5 Å². The minimum atomic E-state index is -0.398. The molecule has 0 spiro atoms. The number of amides is 1. The van der Waals surface area contributed by atoms with Gasteiger partial charge >= 0.3 is 6.09 Å². The van der Waals surface area contributed by atoms with Gasteiger partial charge in [-0.1, -0.05) is 6.07 Å². The lowest BCUT2D eigenvalue weighted by atomic mass is 9.93. The van der Waals surface area contributed by atoms with Gasteiger partial charge in [0.25, 0.3) is 0 Å². The molecule has 0 aliphatic carbocycles. The van der Waals surface area contributed by atoms with Crippen molar-refractivity contribution in [2.45, 2.75) is 45.6 Å². The molecule has 1 saturated heterocycles. The van der Waals surface area contributed by atoms with Gasteiger partial charge in [0.05, 0.1) is 0 Å². The Balaban J connectivity index is 1.77. The molecule has 0 bridgehead atoms. The molecule has 3 nitrogen and oxygen atoms in total. The molecule has 19 heavy (non-hydrogen) atoms. The first kappa shape index (κ1) is 14.4. The van der Waals surface area contributed by atoms with E-state index in [4.69, 9.17) is 4.74 Å². The number of carbonyl (C=O) groups excluding carboxylic acids is 1. The van der Waals surface area contributed by atoms with Crippen LogP contribution in [0.25, 0.3) is 0 Å². The van der Waals surface area contributed by atoms with Gasteiger partial charge in [-0.25, -0.2) is 4.79 Å². The van der Waals surface area contributed by atoms with Crippen LogP contribution in [0.4, 0.5) is 4.79 Å². The molecule has 0 N–H and O–H groups in total. The lowest BCUT2D eigenvalue weighted by molar-refractivity contribution is 0.0184. The highest BCUT2D eigenvalue weighted by molar-refractivity contribution is 7.09. The molecule has 1 aromatic heterocycles. The second-order valence-electron chi connectivity index (χ2n) is 6.19. The molecule has 1 amide bonds. The lowest BCUT2D eigenvalue weighted by Gasteiger charge is -2.33. The zero-order chi connectivity index (χ0) is 13.9. The third-order valence-electron chi connectivity index (χ3n) is 3.34.